The molecule has 2 heterocycles. The summed E-state index contributed by atoms with van der Waals surface area (Å²) in [6, 6.07) is 3.44. The maximum atomic E-state index is 11.4. The van der Waals surface area contributed by atoms with Crippen molar-refractivity contribution in [1.82, 2.24) is 20.0 Å². The van der Waals surface area contributed by atoms with Gasteiger partial charge in [-0.05, 0) is 13.0 Å². The third kappa shape index (κ3) is 2.68. The Morgan fingerprint density at radius 3 is 2.81 bits per heavy atom. The van der Waals surface area contributed by atoms with Gasteiger partial charge in [-0.15, -0.1) is 0 Å². The average molecular weight is 222 g/mol. The molecule has 1 N–H and O–H groups in total. The lowest BCUT2D eigenvalue weighted by Gasteiger charge is -2.26. The SMILES string of the molecule is CCn1nc(CN2CCNCC2)ccc1=O. The summed E-state index contributed by atoms with van der Waals surface area (Å²) in [4.78, 5) is 13.7. The predicted octanol–water partition coefficient (Wildman–Crippen LogP) is -0.332. The highest BCUT2D eigenvalue weighted by Crippen LogP contribution is 2.00. The van der Waals surface area contributed by atoms with Gasteiger partial charge in [0.1, 0.15) is 0 Å². The second kappa shape index (κ2) is 5.23. The fraction of sp³-hybridized carbons (Fsp3) is 0.636. The van der Waals surface area contributed by atoms with E-state index in [0.717, 1.165) is 38.4 Å². The molecule has 1 aromatic rings. The zero-order valence-corrected chi connectivity index (χ0v) is 9.65. The first-order valence-corrected chi connectivity index (χ1v) is 5.79. The first kappa shape index (κ1) is 11.3. The van der Waals surface area contributed by atoms with E-state index in [-0.39, 0.29) is 5.56 Å². The molecule has 0 aromatic carbocycles. The van der Waals surface area contributed by atoms with Crippen LogP contribution in [0.15, 0.2) is 16.9 Å². The smallest absolute Gasteiger partial charge is 0.266 e. The van der Waals surface area contributed by atoms with Gasteiger partial charge in [0.15, 0.2) is 0 Å². The maximum absolute atomic E-state index is 11.4. The molecule has 5 heteroatoms. The van der Waals surface area contributed by atoms with Gasteiger partial charge in [-0.3, -0.25) is 9.69 Å². The Bertz CT molecular complexity index is 395. The van der Waals surface area contributed by atoms with Crippen LogP contribution >= 0.6 is 0 Å². The van der Waals surface area contributed by atoms with Crippen LogP contribution in [0.2, 0.25) is 0 Å². The highest BCUT2D eigenvalue weighted by Gasteiger charge is 2.10. The summed E-state index contributed by atoms with van der Waals surface area (Å²) in [6.45, 7) is 7.57. The molecular formula is C11H18N4O. The third-order valence-electron chi connectivity index (χ3n) is 2.82. The summed E-state index contributed by atoms with van der Waals surface area (Å²) < 4.78 is 1.51. The van der Waals surface area contributed by atoms with E-state index < -0.39 is 0 Å². The van der Waals surface area contributed by atoms with Crippen molar-refractivity contribution < 1.29 is 0 Å². The van der Waals surface area contributed by atoms with Crippen LogP contribution in [-0.4, -0.2) is 40.9 Å². The number of nitrogens with zero attached hydrogens (tertiary/aromatic N) is 3. The number of piperazine rings is 1. The largest absolute Gasteiger partial charge is 0.314 e. The van der Waals surface area contributed by atoms with Crippen molar-refractivity contribution in [2.24, 2.45) is 0 Å². The molecule has 0 spiro atoms. The van der Waals surface area contributed by atoms with Crippen LogP contribution in [0.1, 0.15) is 12.6 Å². The van der Waals surface area contributed by atoms with Crippen LogP contribution in [0.3, 0.4) is 0 Å². The van der Waals surface area contributed by atoms with Crippen molar-refractivity contribution in [2.75, 3.05) is 26.2 Å². The molecule has 0 atom stereocenters. The van der Waals surface area contributed by atoms with Crippen LogP contribution in [-0.2, 0) is 13.1 Å². The maximum Gasteiger partial charge on any atom is 0.266 e. The van der Waals surface area contributed by atoms with Gasteiger partial charge in [-0.2, -0.15) is 5.10 Å². The van der Waals surface area contributed by atoms with E-state index in [0.29, 0.717) is 6.54 Å². The summed E-state index contributed by atoms with van der Waals surface area (Å²) in [7, 11) is 0. The van der Waals surface area contributed by atoms with E-state index in [2.05, 4.69) is 15.3 Å². The Kier molecular flexibility index (Phi) is 3.69. The molecule has 0 bridgehead atoms. The van der Waals surface area contributed by atoms with Crippen LogP contribution in [0, 0.1) is 0 Å². The molecule has 16 heavy (non-hydrogen) atoms. The molecule has 0 unspecified atom stereocenters. The van der Waals surface area contributed by atoms with E-state index >= 15 is 0 Å². The van der Waals surface area contributed by atoms with Crippen LogP contribution in [0.25, 0.3) is 0 Å². The van der Waals surface area contributed by atoms with Crippen molar-refractivity contribution in [1.29, 1.82) is 0 Å². The molecule has 88 valence electrons. The highest BCUT2D eigenvalue weighted by atomic mass is 16.1. The number of aryl methyl sites for hydroxylation is 1. The molecule has 5 nitrogen and oxygen atoms in total. The minimum absolute atomic E-state index is 0.0217. The topological polar surface area (TPSA) is 50.2 Å². The molecule has 1 fully saturated rings. The minimum atomic E-state index is -0.0217. The lowest BCUT2D eigenvalue weighted by molar-refractivity contribution is 0.229. The molecule has 0 saturated carbocycles. The van der Waals surface area contributed by atoms with E-state index in [1.165, 1.54) is 4.68 Å². The first-order valence-electron chi connectivity index (χ1n) is 5.79. The Balaban J connectivity index is 2.06. The second-order valence-electron chi connectivity index (χ2n) is 4.00. The van der Waals surface area contributed by atoms with Crippen molar-refractivity contribution in [3.05, 3.63) is 28.2 Å². The van der Waals surface area contributed by atoms with Gasteiger partial charge in [0.05, 0.1) is 5.69 Å². The van der Waals surface area contributed by atoms with Crippen LogP contribution in [0.5, 0.6) is 0 Å². The zero-order chi connectivity index (χ0) is 11.4. The third-order valence-corrected chi connectivity index (χ3v) is 2.82. The zero-order valence-electron chi connectivity index (χ0n) is 9.65. The fourth-order valence-electron chi connectivity index (χ4n) is 1.90. The number of hydrogen-bond acceptors (Lipinski definition) is 4. The van der Waals surface area contributed by atoms with Crippen molar-refractivity contribution in [3.63, 3.8) is 0 Å². The minimum Gasteiger partial charge on any atom is -0.314 e. The molecule has 2 rings (SSSR count). The lowest BCUT2D eigenvalue weighted by atomic mass is 10.3. The Hall–Kier alpha value is -1.20. The molecule has 0 aliphatic carbocycles. The molecule has 0 radical (unpaired) electrons. The molecule has 1 aliphatic rings. The molecule has 1 saturated heterocycles. The number of nitrogens with one attached hydrogen (secondary N) is 1. The summed E-state index contributed by atoms with van der Waals surface area (Å²) >= 11 is 0. The number of rotatable bonds is 3. The van der Waals surface area contributed by atoms with Gasteiger partial charge >= 0.3 is 0 Å². The van der Waals surface area contributed by atoms with E-state index in [1.807, 2.05) is 13.0 Å². The first-order chi connectivity index (χ1) is 7.79. The van der Waals surface area contributed by atoms with Gasteiger partial charge in [0.2, 0.25) is 0 Å². The second-order valence-corrected chi connectivity index (χ2v) is 4.00. The van der Waals surface area contributed by atoms with Crippen molar-refractivity contribution in [3.8, 4) is 0 Å². The monoisotopic (exact) mass is 222 g/mol. The van der Waals surface area contributed by atoms with E-state index in [9.17, 15) is 4.79 Å². The number of hydrogen-bond donors (Lipinski definition) is 1. The van der Waals surface area contributed by atoms with Gasteiger partial charge in [-0.25, -0.2) is 4.68 Å². The standard InChI is InChI=1S/C11H18N4O/c1-2-15-11(16)4-3-10(13-15)9-14-7-5-12-6-8-14/h3-4,12H,2,5-9H2,1H3. The van der Waals surface area contributed by atoms with Crippen molar-refractivity contribution in [2.45, 2.75) is 20.0 Å². The van der Waals surface area contributed by atoms with Gasteiger partial charge in [0, 0.05) is 45.3 Å². The predicted molar refractivity (Wildman–Crippen MR) is 62.3 cm³/mol. The van der Waals surface area contributed by atoms with E-state index in [1.54, 1.807) is 6.07 Å². The quantitative estimate of drug-likeness (QED) is 0.761. The van der Waals surface area contributed by atoms with Crippen molar-refractivity contribution >= 4 is 0 Å². The molecular weight excluding hydrogens is 204 g/mol. The van der Waals surface area contributed by atoms with Gasteiger partial charge < -0.3 is 5.32 Å². The average Bonchev–Trinajstić information content (AvgIpc) is 2.33. The lowest BCUT2D eigenvalue weighted by Crippen LogP contribution is -2.43. The Morgan fingerprint density at radius 1 is 1.38 bits per heavy atom. The van der Waals surface area contributed by atoms with E-state index in [4.69, 9.17) is 0 Å². The summed E-state index contributed by atoms with van der Waals surface area (Å²) in [5.41, 5.74) is 0.954. The summed E-state index contributed by atoms with van der Waals surface area (Å²) in [5, 5.41) is 7.64. The normalized spacial score (nSPS) is 17.6. The van der Waals surface area contributed by atoms with Gasteiger partial charge in [-0.1, -0.05) is 0 Å². The van der Waals surface area contributed by atoms with Gasteiger partial charge in [0.25, 0.3) is 5.56 Å². The Labute approximate surface area is 95.1 Å². The number of aromatic nitrogens is 2. The summed E-state index contributed by atoms with van der Waals surface area (Å²) in [6.07, 6.45) is 0. The Morgan fingerprint density at radius 2 is 2.12 bits per heavy atom. The molecule has 1 aromatic heterocycles. The van der Waals surface area contributed by atoms with Crippen LogP contribution < -0.4 is 10.9 Å². The fourth-order valence-corrected chi connectivity index (χ4v) is 1.90. The summed E-state index contributed by atoms with van der Waals surface area (Å²) in [5.74, 6) is 0. The highest BCUT2D eigenvalue weighted by molar-refractivity contribution is 5.00. The molecule has 1 aliphatic heterocycles. The molecule has 0 amide bonds. The van der Waals surface area contributed by atoms with Crippen LogP contribution in [0.4, 0.5) is 0 Å².